The van der Waals surface area contributed by atoms with Crippen molar-refractivity contribution in [3.63, 3.8) is 0 Å². The summed E-state index contributed by atoms with van der Waals surface area (Å²) in [6.07, 6.45) is 0. The lowest BCUT2D eigenvalue weighted by molar-refractivity contribution is -0.385. The van der Waals surface area contributed by atoms with Gasteiger partial charge >= 0.3 is 0 Å². The van der Waals surface area contributed by atoms with Crippen LogP contribution in [0.1, 0.15) is 20.9 Å². The molecule has 1 heterocycles. The molecule has 0 saturated heterocycles. The zero-order chi connectivity index (χ0) is 15.4. The maximum absolute atomic E-state index is 12.0. The van der Waals surface area contributed by atoms with Gasteiger partial charge in [0.25, 0.3) is 11.6 Å². The van der Waals surface area contributed by atoms with E-state index in [1.54, 1.807) is 6.92 Å². The molecule has 2 aromatic rings. The van der Waals surface area contributed by atoms with Crippen LogP contribution in [0.15, 0.2) is 18.2 Å². The van der Waals surface area contributed by atoms with E-state index in [1.807, 2.05) is 0 Å². The number of amides is 1. The number of nitro benzene ring substituents is 1. The second-order valence-electron chi connectivity index (χ2n) is 4.15. The van der Waals surface area contributed by atoms with E-state index >= 15 is 0 Å². The summed E-state index contributed by atoms with van der Waals surface area (Å²) in [5.41, 5.74) is 0.589. The molecule has 1 aromatic carbocycles. The highest BCUT2D eigenvalue weighted by atomic mass is 32.1. The highest BCUT2D eigenvalue weighted by molar-refractivity contribution is 7.15. The second-order valence-corrected chi connectivity index (χ2v) is 5.21. The minimum Gasteiger partial charge on any atom is -0.377 e. The zero-order valence-electron chi connectivity index (χ0n) is 11.3. The molecule has 0 fully saturated rings. The number of methoxy groups -OCH3 is 1. The number of aryl methyl sites for hydroxylation is 1. The van der Waals surface area contributed by atoms with E-state index in [0.29, 0.717) is 22.3 Å². The Morgan fingerprint density at radius 3 is 2.90 bits per heavy atom. The summed E-state index contributed by atoms with van der Waals surface area (Å²) in [7, 11) is 1.53. The molecule has 0 bridgehead atoms. The number of nitro groups is 1. The number of hydrogen-bond acceptors (Lipinski definition) is 7. The number of hydrogen-bond donors (Lipinski definition) is 1. The van der Waals surface area contributed by atoms with Gasteiger partial charge in [0.2, 0.25) is 5.13 Å². The van der Waals surface area contributed by atoms with E-state index in [-0.39, 0.29) is 11.3 Å². The van der Waals surface area contributed by atoms with Gasteiger partial charge in [-0.1, -0.05) is 17.4 Å². The van der Waals surface area contributed by atoms with E-state index in [2.05, 4.69) is 15.5 Å². The third kappa shape index (κ3) is 3.58. The third-order valence-corrected chi connectivity index (χ3v) is 3.44. The Bertz CT molecular complexity index is 686. The number of carbonyl (C=O) groups is 1. The summed E-state index contributed by atoms with van der Waals surface area (Å²) >= 11 is 1.18. The average molecular weight is 308 g/mol. The molecule has 0 radical (unpaired) electrons. The molecule has 110 valence electrons. The van der Waals surface area contributed by atoms with Crippen LogP contribution in [-0.2, 0) is 11.3 Å². The molecular formula is C12H12N4O4S. The standard InChI is InChI=1S/C12H12N4O4S/c1-7-3-4-8(5-9(7)16(18)19)11(17)13-12-15-14-10(21-12)6-20-2/h3-5H,6H2,1-2H3,(H,13,15,17). The molecule has 8 nitrogen and oxygen atoms in total. The molecule has 1 aromatic heterocycles. The zero-order valence-corrected chi connectivity index (χ0v) is 12.1. The molecule has 2 rings (SSSR count). The lowest BCUT2D eigenvalue weighted by Gasteiger charge is -2.02. The summed E-state index contributed by atoms with van der Waals surface area (Å²) in [6, 6.07) is 4.29. The predicted octanol–water partition coefficient (Wildman–Crippen LogP) is 2.15. The van der Waals surface area contributed by atoms with Gasteiger partial charge in [-0.25, -0.2) is 0 Å². The molecule has 0 saturated carbocycles. The molecule has 0 aliphatic rings. The van der Waals surface area contributed by atoms with Crippen molar-refractivity contribution in [1.82, 2.24) is 10.2 Å². The normalized spacial score (nSPS) is 10.4. The van der Waals surface area contributed by atoms with Gasteiger partial charge in [-0.3, -0.25) is 20.2 Å². The molecule has 0 atom stereocenters. The first kappa shape index (κ1) is 15.0. The Hall–Kier alpha value is -2.39. The van der Waals surface area contributed by atoms with Crippen molar-refractivity contribution in [3.05, 3.63) is 44.4 Å². The Kier molecular flexibility index (Phi) is 4.55. The number of carbonyl (C=O) groups excluding carboxylic acids is 1. The molecule has 0 spiro atoms. The van der Waals surface area contributed by atoms with Crippen molar-refractivity contribution in [2.45, 2.75) is 13.5 Å². The highest BCUT2D eigenvalue weighted by Crippen LogP contribution is 2.21. The van der Waals surface area contributed by atoms with Gasteiger partial charge in [0.15, 0.2) is 0 Å². The van der Waals surface area contributed by atoms with Crippen LogP contribution in [0.25, 0.3) is 0 Å². The van der Waals surface area contributed by atoms with Crippen LogP contribution in [0.4, 0.5) is 10.8 Å². The molecule has 0 aliphatic heterocycles. The van der Waals surface area contributed by atoms with E-state index < -0.39 is 10.8 Å². The topological polar surface area (TPSA) is 107 Å². The first-order valence-corrected chi connectivity index (χ1v) is 6.70. The van der Waals surface area contributed by atoms with Crippen molar-refractivity contribution < 1.29 is 14.5 Å². The molecule has 21 heavy (non-hydrogen) atoms. The smallest absolute Gasteiger partial charge is 0.273 e. The van der Waals surface area contributed by atoms with Gasteiger partial charge in [0.05, 0.1) is 4.92 Å². The summed E-state index contributed by atoms with van der Waals surface area (Å²) in [5.74, 6) is -0.474. The Morgan fingerprint density at radius 1 is 1.48 bits per heavy atom. The van der Waals surface area contributed by atoms with E-state index in [4.69, 9.17) is 4.74 Å². The fourth-order valence-corrected chi connectivity index (χ4v) is 2.31. The van der Waals surface area contributed by atoms with E-state index in [1.165, 1.54) is 36.6 Å². The maximum Gasteiger partial charge on any atom is 0.273 e. The maximum atomic E-state index is 12.0. The molecule has 1 amide bonds. The fourth-order valence-electron chi connectivity index (χ4n) is 1.60. The van der Waals surface area contributed by atoms with Gasteiger partial charge in [-0.15, -0.1) is 10.2 Å². The van der Waals surface area contributed by atoms with Gasteiger partial charge in [-0.05, 0) is 13.0 Å². The molecule has 1 N–H and O–H groups in total. The fraction of sp³-hybridized carbons (Fsp3) is 0.250. The van der Waals surface area contributed by atoms with Gasteiger partial charge in [-0.2, -0.15) is 0 Å². The number of anilines is 1. The quantitative estimate of drug-likeness (QED) is 0.670. The highest BCUT2D eigenvalue weighted by Gasteiger charge is 2.16. The molecule has 9 heteroatoms. The minimum absolute atomic E-state index is 0.0972. The van der Waals surface area contributed by atoms with Crippen molar-refractivity contribution in [3.8, 4) is 0 Å². The number of benzene rings is 1. The van der Waals surface area contributed by atoms with E-state index in [9.17, 15) is 14.9 Å². The van der Waals surface area contributed by atoms with Crippen LogP contribution >= 0.6 is 11.3 Å². The van der Waals surface area contributed by atoms with Crippen LogP contribution in [0.3, 0.4) is 0 Å². The largest absolute Gasteiger partial charge is 0.377 e. The number of ether oxygens (including phenoxy) is 1. The number of nitrogens with zero attached hydrogens (tertiary/aromatic N) is 3. The monoisotopic (exact) mass is 308 g/mol. The van der Waals surface area contributed by atoms with Crippen LogP contribution in [0.2, 0.25) is 0 Å². The van der Waals surface area contributed by atoms with Crippen LogP contribution in [0.5, 0.6) is 0 Å². The van der Waals surface area contributed by atoms with Gasteiger partial charge < -0.3 is 4.74 Å². The van der Waals surface area contributed by atoms with Crippen molar-refractivity contribution >= 4 is 28.1 Å². The first-order valence-electron chi connectivity index (χ1n) is 5.89. The van der Waals surface area contributed by atoms with Crippen molar-refractivity contribution in [2.75, 3.05) is 12.4 Å². The average Bonchev–Trinajstić information content (AvgIpc) is 2.86. The van der Waals surface area contributed by atoms with Crippen LogP contribution < -0.4 is 5.32 Å². The lowest BCUT2D eigenvalue weighted by atomic mass is 10.1. The lowest BCUT2D eigenvalue weighted by Crippen LogP contribution is -2.12. The summed E-state index contributed by atoms with van der Waals surface area (Å²) < 4.78 is 4.91. The number of rotatable bonds is 5. The third-order valence-electron chi connectivity index (χ3n) is 2.62. The Morgan fingerprint density at radius 2 is 2.24 bits per heavy atom. The van der Waals surface area contributed by atoms with Crippen molar-refractivity contribution in [2.24, 2.45) is 0 Å². The number of aromatic nitrogens is 2. The van der Waals surface area contributed by atoms with Crippen LogP contribution in [0, 0.1) is 17.0 Å². The molecule has 0 unspecified atom stereocenters. The summed E-state index contributed by atoms with van der Waals surface area (Å²) in [5, 5.41) is 22.0. The van der Waals surface area contributed by atoms with Gasteiger partial charge in [0, 0.05) is 24.3 Å². The summed E-state index contributed by atoms with van der Waals surface area (Å²) in [4.78, 5) is 22.4. The molecular weight excluding hydrogens is 296 g/mol. The Labute approximate surface area is 123 Å². The SMILES string of the molecule is COCc1nnc(NC(=O)c2ccc(C)c([N+](=O)[O-])c2)s1. The molecule has 0 aliphatic carbocycles. The minimum atomic E-state index is -0.520. The number of nitrogens with one attached hydrogen (secondary N) is 1. The first-order chi connectivity index (χ1) is 10.0. The van der Waals surface area contributed by atoms with Crippen molar-refractivity contribution in [1.29, 1.82) is 0 Å². The van der Waals surface area contributed by atoms with E-state index in [0.717, 1.165) is 0 Å². The summed E-state index contributed by atoms with van der Waals surface area (Å²) in [6.45, 7) is 1.92. The van der Waals surface area contributed by atoms with Crippen LogP contribution in [-0.4, -0.2) is 28.1 Å². The predicted molar refractivity (Wildman–Crippen MR) is 76.4 cm³/mol. The second kappa shape index (κ2) is 6.37. The Balaban J connectivity index is 2.16. The van der Waals surface area contributed by atoms with Gasteiger partial charge in [0.1, 0.15) is 11.6 Å².